The Kier molecular flexibility index (Phi) is 8.23. The molecule has 0 aliphatic carbocycles. The lowest BCUT2D eigenvalue weighted by Gasteiger charge is -2.17. The average Bonchev–Trinajstić information content (AvgIpc) is 3.23. The van der Waals surface area contributed by atoms with Gasteiger partial charge < -0.3 is 9.47 Å². The Balaban J connectivity index is 2.01. The molecular formula is C22H25N5O4S2. The number of nitrogens with zero attached hydrogens (tertiary/aromatic N) is 5. The summed E-state index contributed by atoms with van der Waals surface area (Å²) in [4.78, 5) is 0.159. The quantitative estimate of drug-likeness (QED) is 0.317. The zero-order valence-corrected chi connectivity index (χ0v) is 20.4. The Hall–Kier alpha value is -2.75. The molecule has 0 saturated carbocycles. The van der Waals surface area contributed by atoms with Crippen molar-refractivity contribution in [1.82, 2.24) is 19.1 Å². The fraction of sp³-hybridized carbons (Fsp3) is 0.318. The molecule has 0 fully saturated rings. The summed E-state index contributed by atoms with van der Waals surface area (Å²) in [6, 6.07) is 16.1. The molecule has 3 aromatic rings. The van der Waals surface area contributed by atoms with Crippen LogP contribution >= 0.6 is 11.8 Å². The lowest BCUT2D eigenvalue weighted by atomic mass is 10.1. The number of hydrogen-bond donors (Lipinski definition) is 0. The van der Waals surface area contributed by atoms with Crippen LogP contribution in [0.25, 0.3) is 11.4 Å². The SMILES string of the molecule is COC(Cn1c(SCc2ccccc2C#N)nnc1-c1cccc(S(=O)(=O)N(C)C)c1)OC. The molecule has 0 bridgehead atoms. The van der Waals surface area contributed by atoms with Crippen LogP contribution in [0.15, 0.2) is 58.6 Å². The molecule has 1 aromatic heterocycles. The van der Waals surface area contributed by atoms with Crippen LogP contribution in [-0.2, 0) is 31.8 Å². The number of nitriles is 1. The summed E-state index contributed by atoms with van der Waals surface area (Å²) in [5.74, 6) is 1.00. The van der Waals surface area contributed by atoms with Crippen LogP contribution in [0.5, 0.6) is 0 Å². The van der Waals surface area contributed by atoms with E-state index in [0.29, 0.717) is 34.4 Å². The first kappa shape index (κ1) is 24.9. The number of ether oxygens (including phenoxy) is 2. The van der Waals surface area contributed by atoms with E-state index in [1.54, 1.807) is 44.6 Å². The van der Waals surface area contributed by atoms with Gasteiger partial charge >= 0.3 is 0 Å². The molecule has 0 unspecified atom stereocenters. The summed E-state index contributed by atoms with van der Waals surface area (Å²) in [7, 11) is 2.44. The van der Waals surface area contributed by atoms with Crippen LogP contribution in [-0.4, -0.2) is 62.1 Å². The predicted molar refractivity (Wildman–Crippen MR) is 125 cm³/mol. The summed E-state index contributed by atoms with van der Waals surface area (Å²) < 4.78 is 39.0. The molecule has 33 heavy (non-hydrogen) atoms. The smallest absolute Gasteiger partial charge is 0.242 e. The van der Waals surface area contributed by atoms with E-state index < -0.39 is 16.3 Å². The average molecular weight is 488 g/mol. The van der Waals surface area contributed by atoms with Gasteiger partial charge in [-0.05, 0) is 23.8 Å². The summed E-state index contributed by atoms with van der Waals surface area (Å²) in [6.45, 7) is 0.294. The van der Waals surface area contributed by atoms with Crippen LogP contribution in [0.2, 0.25) is 0 Å². The Morgan fingerprint density at radius 3 is 2.52 bits per heavy atom. The lowest BCUT2D eigenvalue weighted by Crippen LogP contribution is -2.22. The largest absolute Gasteiger partial charge is 0.354 e. The Labute approximate surface area is 198 Å². The van der Waals surface area contributed by atoms with Crippen LogP contribution < -0.4 is 0 Å². The van der Waals surface area contributed by atoms with Crippen molar-refractivity contribution in [3.8, 4) is 17.5 Å². The van der Waals surface area contributed by atoms with E-state index >= 15 is 0 Å². The highest BCUT2D eigenvalue weighted by atomic mass is 32.2. The molecule has 0 atom stereocenters. The van der Waals surface area contributed by atoms with Crippen LogP contribution in [0, 0.1) is 11.3 Å². The first-order chi connectivity index (χ1) is 15.8. The van der Waals surface area contributed by atoms with Gasteiger partial charge in [-0.2, -0.15) is 5.26 Å². The maximum atomic E-state index is 12.6. The van der Waals surface area contributed by atoms with Crippen LogP contribution in [0.3, 0.4) is 0 Å². The van der Waals surface area contributed by atoms with Crippen molar-refractivity contribution >= 4 is 21.8 Å². The van der Waals surface area contributed by atoms with Crippen molar-refractivity contribution in [2.45, 2.75) is 28.6 Å². The highest BCUT2D eigenvalue weighted by molar-refractivity contribution is 7.98. The van der Waals surface area contributed by atoms with Crippen molar-refractivity contribution in [1.29, 1.82) is 5.26 Å². The molecule has 0 radical (unpaired) electrons. The molecule has 174 valence electrons. The van der Waals surface area contributed by atoms with E-state index in [4.69, 9.17) is 9.47 Å². The molecule has 0 aliphatic rings. The van der Waals surface area contributed by atoms with Gasteiger partial charge in [0.15, 0.2) is 17.3 Å². The lowest BCUT2D eigenvalue weighted by molar-refractivity contribution is -0.111. The second kappa shape index (κ2) is 10.9. The monoisotopic (exact) mass is 487 g/mol. The second-order valence-electron chi connectivity index (χ2n) is 7.19. The van der Waals surface area contributed by atoms with Crippen LogP contribution in [0.4, 0.5) is 0 Å². The van der Waals surface area contributed by atoms with Crippen molar-refractivity contribution < 1.29 is 17.9 Å². The van der Waals surface area contributed by atoms with Gasteiger partial charge in [-0.15, -0.1) is 10.2 Å². The first-order valence-electron chi connectivity index (χ1n) is 9.94. The van der Waals surface area contributed by atoms with Gasteiger partial charge in [0, 0.05) is 39.6 Å². The molecule has 0 saturated heterocycles. The van der Waals surface area contributed by atoms with E-state index in [0.717, 1.165) is 9.87 Å². The molecule has 11 heteroatoms. The molecule has 3 rings (SSSR count). The molecule has 9 nitrogen and oxygen atoms in total. The first-order valence-corrected chi connectivity index (χ1v) is 12.4. The molecule has 0 spiro atoms. The molecule has 1 heterocycles. The van der Waals surface area contributed by atoms with Crippen molar-refractivity contribution in [2.24, 2.45) is 0 Å². The molecule has 0 amide bonds. The fourth-order valence-corrected chi connectivity index (χ4v) is 4.97. The number of hydrogen-bond acceptors (Lipinski definition) is 8. The minimum Gasteiger partial charge on any atom is -0.354 e. The third-order valence-corrected chi connectivity index (χ3v) is 7.77. The number of thioether (sulfide) groups is 1. The third kappa shape index (κ3) is 5.61. The standard InChI is InChI=1S/C22H25N5O4S2/c1-26(2)33(28,29)19-11-7-10-16(12-19)21-24-25-22(27(21)14-20(30-3)31-4)32-15-18-9-6-5-8-17(18)13-23/h5-12,20H,14-15H2,1-4H3. The Bertz CT molecular complexity index is 1250. The van der Waals surface area contributed by atoms with E-state index in [1.807, 2.05) is 22.8 Å². The molecule has 0 aliphatic heterocycles. The molecular weight excluding hydrogens is 462 g/mol. The van der Waals surface area contributed by atoms with Crippen molar-refractivity contribution in [3.05, 3.63) is 59.7 Å². The number of rotatable bonds is 10. The topological polar surface area (TPSA) is 110 Å². The predicted octanol–water partition coefficient (Wildman–Crippen LogP) is 2.98. The second-order valence-corrected chi connectivity index (χ2v) is 10.3. The van der Waals surface area contributed by atoms with Crippen LogP contribution in [0.1, 0.15) is 11.1 Å². The normalized spacial score (nSPS) is 11.8. The zero-order valence-electron chi connectivity index (χ0n) is 18.8. The maximum absolute atomic E-state index is 12.6. The highest BCUT2D eigenvalue weighted by Gasteiger charge is 2.22. The summed E-state index contributed by atoms with van der Waals surface area (Å²) in [5.41, 5.74) is 2.08. The summed E-state index contributed by atoms with van der Waals surface area (Å²) >= 11 is 1.42. The van der Waals surface area contributed by atoms with Crippen molar-refractivity contribution in [2.75, 3.05) is 28.3 Å². The fourth-order valence-electron chi connectivity index (χ4n) is 3.07. The minimum atomic E-state index is -3.61. The van der Waals surface area contributed by atoms with E-state index in [2.05, 4.69) is 16.3 Å². The van der Waals surface area contributed by atoms with Gasteiger partial charge in [-0.1, -0.05) is 42.1 Å². The Morgan fingerprint density at radius 1 is 1.12 bits per heavy atom. The number of benzene rings is 2. The highest BCUT2D eigenvalue weighted by Crippen LogP contribution is 2.29. The van der Waals surface area contributed by atoms with Crippen molar-refractivity contribution in [3.63, 3.8) is 0 Å². The number of aromatic nitrogens is 3. The van der Waals surface area contributed by atoms with E-state index in [9.17, 15) is 13.7 Å². The van der Waals surface area contributed by atoms with E-state index in [1.165, 1.54) is 25.9 Å². The minimum absolute atomic E-state index is 0.159. The molecule has 0 N–H and O–H groups in total. The summed E-state index contributed by atoms with van der Waals surface area (Å²) in [6.07, 6.45) is -0.556. The zero-order chi connectivity index (χ0) is 24.0. The summed E-state index contributed by atoms with van der Waals surface area (Å²) in [5, 5.41) is 18.6. The van der Waals surface area contributed by atoms with Gasteiger partial charge in [0.2, 0.25) is 10.0 Å². The van der Waals surface area contributed by atoms with Gasteiger partial charge in [0.05, 0.1) is 23.1 Å². The molecule has 2 aromatic carbocycles. The van der Waals surface area contributed by atoms with Gasteiger partial charge in [-0.25, -0.2) is 12.7 Å². The Morgan fingerprint density at radius 2 is 1.85 bits per heavy atom. The van der Waals surface area contributed by atoms with E-state index in [-0.39, 0.29) is 4.90 Å². The third-order valence-electron chi connectivity index (χ3n) is 4.94. The van der Waals surface area contributed by atoms with Gasteiger partial charge in [-0.3, -0.25) is 4.57 Å². The maximum Gasteiger partial charge on any atom is 0.242 e. The van der Waals surface area contributed by atoms with Gasteiger partial charge in [0.25, 0.3) is 0 Å². The number of methoxy groups -OCH3 is 2. The van der Waals surface area contributed by atoms with Gasteiger partial charge in [0.1, 0.15) is 0 Å². The number of sulfonamides is 1.